The lowest BCUT2D eigenvalue weighted by Crippen LogP contribution is -2.55. The van der Waals surface area contributed by atoms with Gasteiger partial charge in [0.15, 0.2) is 0 Å². The average Bonchev–Trinajstić information content (AvgIpc) is 2.65. The van der Waals surface area contributed by atoms with Crippen molar-refractivity contribution in [1.29, 1.82) is 0 Å². The highest BCUT2D eigenvalue weighted by molar-refractivity contribution is 6.06. The lowest BCUT2D eigenvalue weighted by Gasteiger charge is -2.41. The molecule has 0 unspecified atom stereocenters. The third-order valence-corrected chi connectivity index (χ3v) is 4.88. The SMILES string of the molecule is Cc1cccc(N2CCC3(CC2)C(=O)N(C)C(=O)N3C)c1. The summed E-state index contributed by atoms with van der Waals surface area (Å²) in [5.41, 5.74) is 1.79. The molecule has 0 radical (unpaired) electrons. The largest absolute Gasteiger partial charge is 0.371 e. The Morgan fingerprint density at radius 2 is 1.76 bits per heavy atom. The number of carbonyl (C=O) groups excluding carboxylic acids is 2. The van der Waals surface area contributed by atoms with Crippen molar-refractivity contribution in [3.05, 3.63) is 29.8 Å². The van der Waals surface area contributed by atoms with Gasteiger partial charge >= 0.3 is 6.03 Å². The summed E-state index contributed by atoms with van der Waals surface area (Å²) in [5.74, 6) is -0.0566. The fourth-order valence-corrected chi connectivity index (χ4v) is 3.46. The average molecular weight is 287 g/mol. The Bertz CT molecular complexity index is 591. The van der Waals surface area contributed by atoms with Crippen LogP contribution in [0.5, 0.6) is 0 Å². The Kier molecular flexibility index (Phi) is 3.15. The zero-order valence-corrected chi connectivity index (χ0v) is 12.8. The Hall–Kier alpha value is -2.04. The van der Waals surface area contributed by atoms with Crippen LogP contribution >= 0.6 is 0 Å². The maximum atomic E-state index is 12.4. The number of likely N-dealkylation sites (N-methyl/N-ethyl adjacent to an activating group) is 2. The van der Waals surface area contributed by atoms with Crippen molar-refractivity contribution in [2.45, 2.75) is 25.3 Å². The van der Waals surface area contributed by atoms with Crippen LogP contribution in [0.25, 0.3) is 0 Å². The quantitative estimate of drug-likeness (QED) is 0.741. The minimum Gasteiger partial charge on any atom is -0.371 e. The molecule has 1 aromatic rings. The van der Waals surface area contributed by atoms with E-state index in [9.17, 15) is 9.59 Å². The molecule has 21 heavy (non-hydrogen) atoms. The van der Waals surface area contributed by atoms with Gasteiger partial charge in [0, 0.05) is 32.9 Å². The molecule has 0 aromatic heterocycles. The number of carbonyl (C=O) groups is 2. The molecule has 2 aliphatic heterocycles. The number of aryl methyl sites for hydroxylation is 1. The van der Waals surface area contributed by atoms with Crippen LogP contribution in [0.1, 0.15) is 18.4 Å². The van der Waals surface area contributed by atoms with Crippen molar-refractivity contribution in [2.24, 2.45) is 0 Å². The molecule has 2 heterocycles. The monoisotopic (exact) mass is 287 g/mol. The second-order valence-electron chi connectivity index (χ2n) is 6.06. The molecule has 2 saturated heterocycles. The molecule has 0 N–H and O–H groups in total. The highest BCUT2D eigenvalue weighted by Crippen LogP contribution is 2.36. The first kappa shape index (κ1) is 13.9. The molecule has 0 atom stereocenters. The van der Waals surface area contributed by atoms with E-state index in [1.807, 2.05) is 0 Å². The van der Waals surface area contributed by atoms with Crippen molar-refractivity contribution in [1.82, 2.24) is 9.80 Å². The highest BCUT2D eigenvalue weighted by atomic mass is 16.2. The molecule has 2 aliphatic rings. The number of urea groups is 1. The van der Waals surface area contributed by atoms with Crippen LogP contribution in [0, 0.1) is 6.92 Å². The van der Waals surface area contributed by atoms with Crippen LogP contribution in [-0.4, -0.2) is 54.5 Å². The molecule has 3 amide bonds. The molecule has 0 saturated carbocycles. The van der Waals surface area contributed by atoms with Crippen molar-refractivity contribution >= 4 is 17.6 Å². The summed E-state index contributed by atoms with van der Waals surface area (Å²) in [5, 5.41) is 0. The van der Waals surface area contributed by atoms with Gasteiger partial charge in [0.25, 0.3) is 5.91 Å². The zero-order chi connectivity index (χ0) is 15.2. The first-order valence-electron chi connectivity index (χ1n) is 7.33. The first-order chi connectivity index (χ1) is 9.95. The van der Waals surface area contributed by atoms with E-state index >= 15 is 0 Å². The number of imide groups is 1. The predicted molar refractivity (Wildman–Crippen MR) is 81.3 cm³/mol. The topological polar surface area (TPSA) is 43.9 Å². The molecule has 3 rings (SSSR count). The summed E-state index contributed by atoms with van der Waals surface area (Å²) in [6.07, 6.45) is 1.37. The predicted octanol–water partition coefficient (Wildman–Crippen LogP) is 1.86. The third-order valence-electron chi connectivity index (χ3n) is 4.88. The van der Waals surface area contributed by atoms with Gasteiger partial charge in [-0.3, -0.25) is 9.69 Å². The summed E-state index contributed by atoms with van der Waals surface area (Å²) in [7, 11) is 3.31. The summed E-state index contributed by atoms with van der Waals surface area (Å²) in [4.78, 5) is 29.6. The van der Waals surface area contributed by atoms with Gasteiger partial charge < -0.3 is 9.80 Å². The van der Waals surface area contributed by atoms with E-state index in [-0.39, 0.29) is 11.9 Å². The molecular weight excluding hydrogens is 266 g/mol. The number of hydrogen-bond acceptors (Lipinski definition) is 3. The summed E-state index contributed by atoms with van der Waals surface area (Å²) in [6.45, 7) is 3.66. The number of rotatable bonds is 1. The summed E-state index contributed by atoms with van der Waals surface area (Å²) < 4.78 is 0. The molecule has 0 aliphatic carbocycles. The smallest absolute Gasteiger partial charge is 0.327 e. The van der Waals surface area contributed by atoms with Gasteiger partial charge in [0.1, 0.15) is 5.54 Å². The Balaban J connectivity index is 1.79. The van der Waals surface area contributed by atoms with Gasteiger partial charge in [0.05, 0.1) is 0 Å². The van der Waals surface area contributed by atoms with Crippen molar-refractivity contribution in [2.75, 3.05) is 32.1 Å². The van der Waals surface area contributed by atoms with Crippen LogP contribution in [0.15, 0.2) is 24.3 Å². The number of piperidine rings is 1. The second kappa shape index (κ2) is 4.76. The normalized spacial score (nSPS) is 21.6. The van der Waals surface area contributed by atoms with Crippen molar-refractivity contribution in [3.8, 4) is 0 Å². The van der Waals surface area contributed by atoms with Crippen LogP contribution in [0.3, 0.4) is 0 Å². The van der Waals surface area contributed by atoms with E-state index in [4.69, 9.17) is 0 Å². The van der Waals surface area contributed by atoms with E-state index in [1.54, 1.807) is 19.0 Å². The maximum absolute atomic E-state index is 12.4. The lowest BCUT2D eigenvalue weighted by molar-refractivity contribution is -0.133. The van der Waals surface area contributed by atoms with Crippen molar-refractivity contribution in [3.63, 3.8) is 0 Å². The zero-order valence-electron chi connectivity index (χ0n) is 12.8. The van der Waals surface area contributed by atoms with Gasteiger partial charge in [-0.05, 0) is 37.5 Å². The van der Waals surface area contributed by atoms with E-state index in [2.05, 4.69) is 36.1 Å². The van der Waals surface area contributed by atoms with Gasteiger partial charge in [-0.25, -0.2) is 4.79 Å². The third kappa shape index (κ3) is 1.99. The number of nitrogens with zero attached hydrogens (tertiary/aromatic N) is 3. The van der Waals surface area contributed by atoms with E-state index in [0.29, 0.717) is 12.8 Å². The fraction of sp³-hybridized carbons (Fsp3) is 0.500. The second-order valence-corrected chi connectivity index (χ2v) is 6.06. The van der Waals surface area contributed by atoms with E-state index in [1.165, 1.54) is 16.2 Å². The van der Waals surface area contributed by atoms with Gasteiger partial charge in [-0.15, -0.1) is 0 Å². The number of hydrogen-bond donors (Lipinski definition) is 0. The fourth-order valence-electron chi connectivity index (χ4n) is 3.46. The van der Waals surface area contributed by atoms with E-state index in [0.717, 1.165) is 13.1 Å². The lowest BCUT2D eigenvalue weighted by atomic mass is 9.86. The Morgan fingerprint density at radius 1 is 1.10 bits per heavy atom. The Labute approximate surface area is 125 Å². The number of anilines is 1. The van der Waals surface area contributed by atoms with E-state index < -0.39 is 5.54 Å². The van der Waals surface area contributed by atoms with Crippen LogP contribution in [-0.2, 0) is 4.79 Å². The number of benzene rings is 1. The number of amides is 3. The molecule has 1 spiro atoms. The molecule has 112 valence electrons. The molecular formula is C16H21N3O2. The summed E-state index contributed by atoms with van der Waals surface area (Å²) >= 11 is 0. The Morgan fingerprint density at radius 3 is 2.29 bits per heavy atom. The molecule has 2 fully saturated rings. The van der Waals surface area contributed by atoms with Crippen LogP contribution in [0.4, 0.5) is 10.5 Å². The van der Waals surface area contributed by atoms with Gasteiger partial charge in [-0.2, -0.15) is 0 Å². The minimum atomic E-state index is -0.633. The van der Waals surface area contributed by atoms with Crippen molar-refractivity contribution < 1.29 is 9.59 Å². The molecule has 5 nitrogen and oxygen atoms in total. The van der Waals surface area contributed by atoms with Crippen LogP contribution < -0.4 is 4.90 Å². The highest BCUT2D eigenvalue weighted by Gasteiger charge is 2.55. The first-order valence-corrected chi connectivity index (χ1v) is 7.33. The van der Waals surface area contributed by atoms with Gasteiger partial charge in [-0.1, -0.05) is 12.1 Å². The summed E-state index contributed by atoms with van der Waals surface area (Å²) in [6, 6.07) is 8.21. The van der Waals surface area contributed by atoms with Gasteiger partial charge in [0.2, 0.25) is 0 Å². The molecule has 1 aromatic carbocycles. The standard InChI is InChI=1S/C16H21N3O2/c1-12-5-4-6-13(11-12)19-9-7-16(8-10-19)14(20)17(2)15(21)18(16)3/h4-6,11H,7-10H2,1-3H3. The van der Waals surface area contributed by atoms with Crippen LogP contribution in [0.2, 0.25) is 0 Å². The minimum absolute atomic E-state index is 0.0566. The molecule has 0 bridgehead atoms. The maximum Gasteiger partial charge on any atom is 0.327 e. The molecule has 5 heteroatoms.